The summed E-state index contributed by atoms with van der Waals surface area (Å²) < 4.78 is 0. The van der Waals surface area contributed by atoms with Gasteiger partial charge in [-0.25, -0.2) is 4.79 Å². The molecule has 2 fully saturated rings. The standard InChI is InChI=1S/C12H22N2O/c1-2-11-6-9-14(10-11)12(15)13-7-4-3-5-8-13/h11H,2-10H2,1H3. The van der Waals surface area contributed by atoms with Gasteiger partial charge in [0.1, 0.15) is 0 Å². The Hall–Kier alpha value is -0.730. The minimum absolute atomic E-state index is 0.297. The molecule has 1 atom stereocenters. The molecule has 86 valence electrons. The fourth-order valence-corrected chi connectivity index (χ4v) is 2.62. The lowest BCUT2D eigenvalue weighted by Crippen LogP contribution is -2.44. The summed E-state index contributed by atoms with van der Waals surface area (Å²) in [6.45, 7) is 6.15. The third-order valence-corrected chi connectivity index (χ3v) is 3.76. The van der Waals surface area contributed by atoms with Crippen LogP contribution in [0.1, 0.15) is 39.0 Å². The predicted octanol–water partition coefficient (Wildman–Crippen LogP) is 2.32. The number of rotatable bonds is 1. The third kappa shape index (κ3) is 2.44. The molecule has 2 saturated heterocycles. The minimum Gasteiger partial charge on any atom is -0.325 e. The molecule has 0 bridgehead atoms. The van der Waals surface area contributed by atoms with Gasteiger partial charge in [0, 0.05) is 26.2 Å². The van der Waals surface area contributed by atoms with E-state index in [1.807, 2.05) is 4.90 Å². The van der Waals surface area contributed by atoms with Crippen LogP contribution in [-0.4, -0.2) is 42.0 Å². The van der Waals surface area contributed by atoms with E-state index in [9.17, 15) is 4.79 Å². The highest BCUT2D eigenvalue weighted by molar-refractivity contribution is 5.74. The fraction of sp³-hybridized carbons (Fsp3) is 0.917. The zero-order valence-corrected chi connectivity index (χ0v) is 9.74. The predicted molar refractivity (Wildman–Crippen MR) is 60.8 cm³/mol. The number of piperidine rings is 1. The van der Waals surface area contributed by atoms with Crippen LogP contribution in [0.3, 0.4) is 0 Å². The van der Waals surface area contributed by atoms with E-state index in [2.05, 4.69) is 11.8 Å². The maximum Gasteiger partial charge on any atom is 0.320 e. The Morgan fingerprint density at radius 3 is 2.47 bits per heavy atom. The topological polar surface area (TPSA) is 23.6 Å². The van der Waals surface area contributed by atoms with Crippen molar-refractivity contribution in [3.63, 3.8) is 0 Å². The molecule has 0 aromatic carbocycles. The number of amides is 2. The van der Waals surface area contributed by atoms with Crippen molar-refractivity contribution in [2.24, 2.45) is 5.92 Å². The van der Waals surface area contributed by atoms with Crippen LogP contribution in [0.25, 0.3) is 0 Å². The lowest BCUT2D eigenvalue weighted by molar-refractivity contribution is 0.151. The summed E-state index contributed by atoms with van der Waals surface area (Å²) in [4.78, 5) is 16.2. The largest absolute Gasteiger partial charge is 0.325 e. The number of hydrogen-bond acceptors (Lipinski definition) is 1. The van der Waals surface area contributed by atoms with Crippen molar-refractivity contribution in [3.05, 3.63) is 0 Å². The van der Waals surface area contributed by atoms with Crippen LogP contribution in [-0.2, 0) is 0 Å². The van der Waals surface area contributed by atoms with Gasteiger partial charge in [0.15, 0.2) is 0 Å². The second-order valence-electron chi connectivity index (χ2n) is 4.84. The summed E-state index contributed by atoms with van der Waals surface area (Å²) in [5.74, 6) is 0.749. The molecule has 0 radical (unpaired) electrons. The van der Waals surface area contributed by atoms with E-state index in [0.717, 1.165) is 32.1 Å². The summed E-state index contributed by atoms with van der Waals surface area (Å²) >= 11 is 0. The summed E-state index contributed by atoms with van der Waals surface area (Å²) in [6, 6.07) is 0.297. The smallest absolute Gasteiger partial charge is 0.320 e. The average molecular weight is 210 g/mol. The number of urea groups is 1. The Labute approximate surface area is 92.4 Å². The molecule has 0 saturated carbocycles. The molecule has 0 spiro atoms. The van der Waals surface area contributed by atoms with Crippen molar-refractivity contribution in [1.82, 2.24) is 9.80 Å². The summed E-state index contributed by atoms with van der Waals surface area (Å²) in [6.07, 6.45) is 6.09. The number of hydrogen-bond donors (Lipinski definition) is 0. The van der Waals surface area contributed by atoms with Crippen molar-refractivity contribution in [1.29, 1.82) is 0 Å². The van der Waals surface area contributed by atoms with Gasteiger partial charge in [-0.2, -0.15) is 0 Å². The zero-order valence-electron chi connectivity index (χ0n) is 9.74. The van der Waals surface area contributed by atoms with Crippen LogP contribution in [0, 0.1) is 5.92 Å². The molecule has 2 rings (SSSR count). The van der Waals surface area contributed by atoms with E-state index in [-0.39, 0.29) is 0 Å². The molecule has 2 aliphatic rings. The Bertz CT molecular complexity index is 224. The zero-order chi connectivity index (χ0) is 10.7. The number of carbonyl (C=O) groups excluding carboxylic acids is 1. The van der Waals surface area contributed by atoms with Gasteiger partial charge in [0.25, 0.3) is 0 Å². The summed E-state index contributed by atoms with van der Waals surface area (Å²) in [7, 11) is 0. The highest BCUT2D eigenvalue weighted by atomic mass is 16.2. The molecule has 0 aliphatic carbocycles. The van der Waals surface area contributed by atoms with Crippen LogP contribution < -0.4 is 0 Å². The van der Waals surface area contributed by atoms with Crippen LogP contribution >= 0.6 is 0 Å². The molecule has 2 aliphatic heterocycles. The first-order chi connectivity index (χ1) is 7.31. The van der Waals surface area contributed by atoms with Crippen molar-refractivity contribution < 1.29 is 4.79 Å². The van der Waals surface area contributed by atoms with Crippen LogP contribution in [0.15, 0.2) is 0 Å². The number of likely N-dealkylation sites (tertiary alicyclic amines) is 2. The Morgan fingerprint density at radius 1 is 1.13 bits per heavy atom. The molecule has 15 heavy (non-hydrogen) atoms. The first-order valence-electron chi connectivity index (χ1n) is 6.35. The van der Waals surface area contributed by atoms with Crippen molar-refractivity contribution in [2.75, 3.05) is 26.2 Å². The lowest BCUT2D eigenvalue weighted by Gasteiger charge is -2.31. The maximum atomic E-state index is 12.1. The van der Waals surface area contributed by atoms with Crippen LogP contribution in [0.5, 0.6) is 0 Å². The monoisotopic (exact) mass is 210 g/mol. The first kappa shape index (κ1) is 10.8. The third-order valence-electron chi connectivity index (χ3n) is 3.76. The number of nitrogens with zero attached hydrogens (tertiary/aromatic N) is 2. The van der Waals surface area contributed by atoms with Gasteiger partial charge < -0.3 is 9.80 Å². The van der Waals surface area contributed by atoms with Crippen molar-refractivity contribution in [3.8, 4) is 0 Å². The minimum atomic E-state index is 0.297. The fourth-order valence-electron chi connectivity index (χ4n) is 2.62. The van der Waals surface area contributed by atoms with Gasteiger partial charge in [0.2, 0.25) is 0 Å². The molecule has 3 heteroatoms. The van der Waals surface area contributed by atoms with E-state index in [0.29, 0.717) is 6.03 Å². The average Bonchev–Trinajstić information content (AvgIpc) is 2.78. The molecule has 2 amide bonds. The quantitative estimate of drug-likeness (QED) is 0.651. The van der Waals surface area contributed by atoms with Crippen molar-refractivity contribution >= 4 is 6.03 Å². The normalized spacial score (nSPS) is 27.1. The summed E-state index contributed by atoms with van der Waals surface area (Å²) in [5, 5.41) is 0. The molecular formula is C12H22N2O. The highest BCUT2D eigenvalue weighted by Gasteiger charge is 2.28. The second-order valence-corrected chi connectivity index (χ2v) is 4.84. The van der Waals surface area contributed by atoms with E-state index >= 15 is 0 Å². The van der Waals surface area contributed by atoms with Crippen molar-refractivity contribution in [2.45, 2.75) is 39.0 Å². The Morgan fingerprint density at radius 2 is 1.87 bits per heavy atom. The van der Waals surface area contributed by atoms with Crippen LogP contribution in [0.2, 0.25) is 0 Å². The Kier molecular flexibility index (Phi) is 3.49. The van der Waals surface area contributed by atoms with Gasteiger partial charge in [0.05, 0.1) is 0 Å². The van der Waals surface area contributed by atoms with Gasteiger partial charge in [-0.1, -0.05) is 13.3 Å². The second kappa shape index (κ2) is 4.86. The van der Waals surface area contributed by atoms with E-state index in [1.165, 1.54) is 32.1 Å². The molecule has 0 aromatic heterocycles. The highest BCUT2D eigenvalue weighted by Crippen LogP contribution is 2.21. The molecule has 0 aromatic rings. The molecule has 0 N–H and O–H groups in total. The maximum absolute atomic E-state index is 12.1. The molecule has 2 heterocycles. The van der Waals surface area contributed by atoms with E-state index in [4.69, 9.17) is 0 Å². The molecule has 3 nitrogen and oxygen atoms in total. The van der Waals surface area contributed by atoms with Gasteiger partial charge in [-0.3, -0.25) is 0 Å². The molecular weight excluding hydrogens is 188 g/mol. The molecule has 1 unspecified atom stereocenters. The SMILES string of the molecule is CCC1CCN(C(=O)N2CCCCC2)C1. The van der Waals surface area contributed by atoms with E-state index in [1.54, 1.807) is 0 Å². The lowest BCUT2D eigenvalue weighted by atomic mass is 10.1. The summed E-state index contributed by atoms with van der Waals surface area (Å²) in [5.41, 5.74) is 0. The number of carbonyl (C=O) groups is 1. The van der Waals surface area contributed by atoms with E-state index < -0.39 is 0 Å². The van der Waals surface area contributed by atoms with Gasteiger partial charge in [-0.05, 0) is 31.6 Å². The van der Waals surface area contributed by atoms with Gasteiger partial charge in [-0.15, -0.1) is 0 Å². The Balaban J connectivity index is 1.85. The van der Waals surface area contributed by atoms with Crippen LogP contribution in [0.4, 0.5) is 4.79 Å². The van der Waals surface area contributed by atoms with Gasteiger partial charge >= 0.3 is 6.03 Å². The first-order valence-corrected chi connectivity index (χ1v) is 6.35.